The van der Waals surface area contributed by atoms with E-state index in [1.807, 2.05) is 4.90 Å². The lowest BCUT2D eigenvalue weighted by Gasteiger charge is -2.38. The van der Waals surface area contributed by atoms with Crippen molar-refractivity contribution >= 4 is 5.91 Å². The Labute approximate surface area is 118 Å². The molecule has 1 amide bonds. The van der Waals surface area contributed by atoms with Gasteiger partial charge in [0, 0.05) is 45.2 Å². The highest BCUT2D eigenvalue weighted by molar-refractivity contribution is 5.76. The molecule has 2 N–H and O–H groups in total. The van der Waals surface area contributed by atoms with Crippen molar-refractivity contribution in [3.63, 3.8) is 0 Å². The molecule has 0 aromatic heterocycles. The number of carbonyl (C=O) groups is 1. The second-order valence-corrected chi connectivity index (χ2v) is 6.97. The van der Waals surface area contributed by atoms with Gasteiger partial charge < -0.3 is 10.6 Å². The second-order valence-electron chi connectivity index (χ2n) is 6.97. The zero-order valence-electron chi connectivity index (χ0n) is 13.3. The molecule has 0 aliphatic carbocycles. The molecule has 2 unspecified atom stereocenters. The first-order valence-electron chi connectivity index (χ1n) is 7.47. The summed E-state index contributed by atoms with van der Waals surface area (Å²) in [5.74, 6) is 0.725. The summed E-state index contributed by atoms with van der Waals surface area (Å²) in [6.45, 7) is 15.2. The Bertz CT molecular complexity index is 290. The molecular formula is C15H31N3O. The third kappa shape index (κ3) is 4.77. The van der Waals surface area contributed by atoms with Crippen LogP contribution in [0.15, 0.2) is 0 Å². The Morgan fingerprint density at radius 3 is 2.11 bits per heavy atom. The number of hydrogen-bond acceptors (Lipinski definition) is 3. The Hall–Kier alpha value is -0.610. The number of rotatable bonds is 4. The molecule has 4 heteroatoms. The summed E-state index contributed by atoms with van der Waals surface area (Å²) in [5, 5.41) is 0. The van der Waals surface area contributed by atoms with Crippen molar-refractivity contribution in [2.75, 3.05) is 32.7 Å². The Morgan fingerprint density at radius 2 is 1.68 bits per heavy atom. The molecule has 1 aliphatic heterocycles. The van der Waals surface area contributed by atoms with Gasteiger partial charge in [-0.2, -0.15) is 0 Å². The number of nitrogens with two attached hydrogens (primary N) is 1. The van der Waals surface area contributed by atoms with E-state index in [-0.39, 0.29) is 5.41 Å². The van der Waals surface area contributed by atoms with E-state index in [9.17, 15) is 4.79 Å². The fourth-order valence-electron chi connectivity index (χ4n) is 2.26. The zero-order chi connectivity index (χ0) is 14.6. The molecule has 4 nitrogen and oxygen atoms in total. The number of piperazine rings is 1. The molecule has 1 aliphatic rings. The quantitative estimate of drug-likeness (QED) is 0.842. The first-order valence-corrected chi connectivity index (χ1v) is 7.47. The third-order valence-electron chi connectivity index (χ3n) is 4.59. The van der Waals surface area contributed by atoms with Gasteiger partial charge in [0.2, 0.25) is 5.91 Å². The summed E-state index contributed by atoms with van der Waals surface area (Å²) in [4.78, 5) is 16.7. The van der Waals surface area contributed by atoms with Crippen molar-refractivity contribution in [1.29, 1.82) is 0 Å². The average molecular weight is 269 g/mol. The topological polar surface area (TPSA) is 49.6 Å². The molecule has 0 bridgehead atoms. The molecular weight excluding hydrogens is 238 g/mol. The van der Waals surface area contributed by atoms with E-state index >= 15 is 0 Å². The molecule has 19 heavy (non-hydrogen) atoms. The summed E-state index contributed by atoms with van der Waals surface area (Å²) >= 11 is 0. The van der Waals surface area contributed by atoms with Gasteiger partial charge in [0.1, 0.15) is 0 Å². The maximum absolute atomic E-state index is 12.3. The lowest BCUT2D eigenvalue weighted by molar-refractivity contribution is -0.134. The summed E-state index contributed by atoms with van der Waals surface area (Å²) in [6.07, 6.45) is 0.663. The molecule has 112 valence electrons. The highest BCUT2D eigenvalue weighted by atomic mass is 16.2. The van der Waals surface area contributed by atoms with Crippen LogP contribution in [-0.4, -0.2) is 54.5 Å². The van der Waals surface area contributed by atoms with Crippen molar-refractivity contribution in [1.82, 2.24) is 9.80 Å². The largest absolute Gasteiger partial charge is 0.340 e. The standard InChI is InChI=1S/C15H31N3O/c1-12(15(3,4)5)10-14(19)18-8-6-17(7-9-18)13(2)11-16/h12-13H,6-11,16H2,1-5H3. The predicted molar refractivity (Wildman–Crippen MR) is 79.9 cm³/mol. The molecule has 0 aromatic rings. The van der Waals surface area contributed by atoms with Crippen molar-refractivity contribution in [2.24, 2.45) is 17.1 Å². The van der Waals surface area contributed by atoms with Crippen LogP contribution in [0.4, 0.5) is 0 Å². The number of amides is 1. The van der Waals surface area contributed by atoms with Crippen molar-refractivity contribution in [3.05, 3.63) is 0 Å². The van der Waals surface area contributed by atoms with Crippen LogP contribution in [0.3, 0.4) is 0 Å². The average Bonchev–Trinajstić information content (AvgIpc) is 2.36. The van der Waals surface area contributed by atoms with E-state index in [0.29, 0.717) is 30.8 Å². The van der Waals surface area contributed by atoms with Gasteiger partial charge in [-0.3, -0.25) is 9.69 Å². The maximum atomic E-state index is 12.3. The number of nitrogens with zero attached hydrogens (tertiary/aromatic N) is 2. The molecule has 0 spiro atoms. The normalized spacial score (nSPS) is 21.3. The van der Waals surface area contributed by atoms with Crippen molar-refractivity contribution in [2.45, 2.75) is 47.1 Å². The van der Waals surface area contributed by atoms with Gasteiger partial charge in [0.25, 0.3) is 0 Å². The molecule has 1 rings (SSSR count). The van der Waals surface area contributed by atoms with Crippen LogP contribution in [0.25, 0.3) is 0 Å². The van der Waals surface area contributed by atoms with Crippen LogP contribution in [0.5, 0.6) is 0 Å². The van der Waals surface area contributed by atoms with Gasteiger partial charge in [-0.1, -0.05) is 27.7 Å². The fraction of sp³-hybridized carbons (Fsp3) is 0.933. The molecule has 0 saturated carbocycles. The monoisotopic (exact) mass is 269 g/mol. The minimum absolute atomic E-state index is 0.200. The van der Waals surface area contributed by atoms with Gasteiger partial charge in [-0.25, -0.2) is 0 Å². The highest BCUT2D eigenvalue weighted by Gasteiger charge is 2.27. The van der Waals surface area contributed by atoms with E-state index in [4.69, 9.17) is 5.73 Å². The minimum Gasteiger partial charge on any atom is -0.340 e. The molecule has 0 aromatic carbocycles. The smallest absolute Gasteiger partial charge is 0.222 e. The molecule has 1 heterocycles. The van der Waals surface area contributed by atoms with Crippen LogP contribution in [0.1, 0.15) is 41.0 Å². The van der Waals surface area contributed by atoms with Crippen LogP contribution in [0.2, 0.25) is 0 Å². The van der Waals surface area contributed by atoms with Crippen molar-refractivity contribution < 1.29 is 4.79 Å². The third-order valence-corrected chi connectivity index (χ3v) is 4.59. The van der Waals surface area contributed by atoms with E-state index in [1.54, 1.807) is 0 Å². The summed E-state index contributed by atoms with van der Waals surface area (Å²) < 4.78 is 0. The Kier molecular flexibility index (Phi) is 5.81. The fourth-order valence-corrected chi connectivity index (χ4v) is 2.26. The van der Waals surface area contributed by atoms with Gasteiger partial charge in [0.15, 0.2) is 0 Å². The van der Waals surface area contributed by atoms with Crippen molar-refractivity contribution in [3.8, 4) is 0 Å². The Morgan fingerprint density at radius 1 is 1.16 bits per heavy atom. The van der Waals surface area contributed by atoms with Gasteiger partial charge in [-0.15, -0.1) is 0 Å². The molecule has 1 saturated heterocycles. The van der Waals surface area contributed by atoms with E-state index in [2.05, 4.69) is 39.5 Å². The predicted octanol–water partition coefficient (Wildman–Crippen LogP) is 1.55. The van der Waals surface area contributed by atoms with E-state index in [0.717, 1.165) is 26.2 Å². The van der Waals surface area contributed by atoms with E-state index < -0.39 is 0 Å². The Balaban J connectivity index is 2.41. The molecule has 1 fully saturated rings. The minimum atomic E-state index is 0.200. The zero-order valence-corrected chi connectivity index (χ0v) is 13.3. The van der Waals surface area contributed by atoms with Crippen LogP contribution in [0, 0.1) is 11.3 Å². The summed E-state index contributed by atoms with van der Waals surface area (Å²) in [7, 11) is 0. The highest BCUT2D eigenvalue weighted by Crippen LogP contribution is 2.28. The van der Waals surface area contributed by atoms with Gasteiger partial charge >= 0.3 is 0 Å². The second kappa shape index (κ2) is 6.71. The van der Waals surface area contributed by atoms with Crippen LogP contribution >= 0.6 is 0 Å². The van der Waals surface area contributed by atoms with Gasteiger partial charge in [0.05, 0.1) is 0 Å². The first-order chi connectivity index (χ1) is 8.75. The summed E-state index contributed by atoms with van der Waals surface area (Å²) in [5.41, 5.74) is 5.89. The maximum Gasteiger partial charge on any atom is 0.222 e. The summed E-state index contributed by atoms with van der Waals surface area (Å²) in [6, 6.07) is 0.422. The van der Waals surface area contributed by atoms with Gasteiger partial charge in [-0.05, 0) is 18.3 Å². The van der Waals surface area contributed by atoms with Crippen LogP contribution < -0.4 is 5.73 Å². The number of hydrogen-bond donors (Lipinski definition) is 1. The molecule has 0 radical (unpaired) electrons. The lowest BCUT2D eigenvalue weighted by atomic mass is 9.80. The SMILES string of the molecule is CC(CN)N1CCN(C(=O)CC(C)C(C)(C)C)CC1. The molecule has 2 atom stereocenters. The first kappa shape index (κ1) is 16.4. The van der Waals surface area contributed by atoms with Crippen LogP contribution in [-0.2, 0) is 4.79 Å². The number of carbonyl (C=O) groups excluding carboxylic acids is 1. The van der Waals surface area contributed by atoms with E-state index in [1.165, 1.54) is 0 Å². The lowest BCUT2D eigenvalue weighted by Crippen LogP contribution is -2.53.